The van der Waals surface area contributed by atoms with Crippen LogP contribution in [0.5, 0.6) is 0 Å². The number of carbonyl (C=O) groups excluding carboxylic acids is 1. The largest absolute Gasteiger partial charge is 0.335 e. The number of nitrogens with one attached hydrogen (secondary N) is 1. The third-order valence-electron chi connectivity index (χ3n) is 6.65. The third-order valence-corrected chi connectivity index (χ3v) is 6.65. The molecule has 3 aliphatic rings. The SMILES string of the molecule is CC1CC2CC(N3CCc4n[nH]c5nccc(c45)C3=O)CC(C1)N2C. The van der Waals surface area contributed by atoms with Crippen LogP contribution in [0.4, 0.5) is 0 Å². The summed E-state index contributed by atoms with van der Waals surface area (Å²) in [4.78, 5) is 22.4. The molecule has 1 amide bonds. The van der Waals surface area contributed by atoms with Crippen LogP contribution < -0.4 is 0 Å². The maximum atomic E-state index is 13.3. The van der Waals surface area contributed by atoms with Gasteiger partial charge in [-0.15, -0.1) is 0 Å². The smallest absolute Gasteiger partial charge is 0.254 e. The van der Waals surface area contributed by atoms with Crippen molar-refractivity contribution in [2.45, 2.75) is 57.2 Å². The number of pyridine rings is 1. The summed E-state index contributed by atoms with van der Waals surface area (Å²) in [5, 5.41) is 8.30. The Morgan fingerprint density at radius 2 is 1.92 bits per heavy atom. The topological polar surface area (TPSA) is 65.1 Å². The van der Waals surface area contributed by atoms with Gasteiger partial charge in [-0.05, 0) is 44.7 Å². The van der Waals surface area contributed by atoms with Gasteiger partial charge in [0.05, 0.1) is 16.6 Å². The van der Waals surface area contributed by atoms with Crippen LogP contribution in [0.1, 0.15) is 48.7 Å². The Balaban J connectivity index is 1.47. The lowest BCUT2D eigenvalue weighted by Crippen LogP contribution is -2.57. The number of aromatic amines is 1. The summed E-state index contributed by atoms with van der Waals surface area (Å²) in [7, 11) is 2.27. The second-order valence-corrected chi connectivity index (χ2v) is 8.18. The monoisotopic (exact) mass is 339 g/mol. The molecular formula is C19H25N5O. The van der Waals surface area contributed by atoms with E-state index in [4.69, 9.17) is 0 Å². The average molecular weight is 339 g/mol. The van der Waals surface area contributed by atoms with Crippen LogP contribution in [0.2, 0.25) is 0 Å². The number of aromatic nitrogens is 3. The van der Waals surface area contributed by atoms with Gasteiger partial charge in [-0.25, -0.2) is 4.98 Å². The Hall–Kier alpha value is -1.95. The van der Waals surface area contributed by atoms with Gasteiger partial charge in [0.15, 0.2) is 5.65 Å². The van der Waals surface area contributed by atoms with Gasteiger partial charge in [0.25, 0.3) is 5.91 Å². The molecule has 0 radical (unpaired) electrons. The van der Waals surface area contributed by atoms with Crippen molar-refractivity contribution in [2.75, 3.05) is 13.6 Å². The van der Waals surface area contributed by atoms with E-state index in [2.05, 4.69) is 39.0 Å². The van der Waals surface area contributed by atoms with Crippen molar-refractivity contribution < 1.29 is 4.79 Å². The molecule has 2 saturated heterocycles. The van der Waals surface area contributed by atoms with Gasteiger partial charge in [-0.3, -0.25) is 9.89 Å². The molecule has 25 heavy (non-hydrogen) atoms. The Labute approximate surface area is 147 Å². The summed E-state index contributed by atoms with van der Waals surface area (Å²) >= 11 is 0. The fourth-order valence-corrected chi connectivity index (χ4v) is 5.36. The summed E-state index contributed by atoms with van der Waals surface area (Å²) in [6, 6.07) is 3.43. The first-order chi connectivity index (χ1) is 12.1. The van der Waals surface area contributed by atoms with Crippen molar-refractivity contribution in [1.82, 2.24) is 25.0 Å². The first-order valence-electron chi connectivity index (χ1n) is 9.46. The van der Waals surface area contributed by atoms with Crippen molar-refractivity contribution in [1.29, 1.82) is 0 Å². The van der Waals surface area contributed by atoms with Gasteiger partial charge in [-0.1, -0.05) is 6.92 Å². The molecule has 0 aromatic carbocycles. The van der Waals surface area contributed by atoms with E-state index in [1.807, 2.05) is 6.07 Å². The lowest BCUT2D eigenvalue weighted by atomic mass is 9.77. The van der Waals surface area contributed by atoms with E-state index in [1.54, 1.807) is 6.20 Å². The summed E-state index contributed by atoms with van der Waals surface area (Å²) in [6.45, 7) is 3.13. The summed E-state index contributed by atoms with van der Waals surface area (Å²) in [5.41, 5.74) is 2.48. The zero-order valence-electron chi connectivity index (χ0n) is 14.9. The van der Waals surface area contributed by atoms with Crippen molar-refractivity contribution in [3.05, 3.63) is 23.5 Å². The molecule has 1 N–H and O–H groups in total. The Morgan fingerprint density at radius 1 is 1.16 bits per heavy atom. The van der Waals surface area contributed by atoms with Crippen LogP contribution in [0.15, 0.2) is 12.3 Å². The fourth-order valence-electron chi connectivity index (χ4n) is 5.36. The van der Waals surface area contributed by atoms with Gasteiger partial charge in [0.1, 0.15) is 0 Å². The molecule has 2 fully saturated rings. The number of hydrogen-bond acceptors (Lipinski definition) is 4. The van der Waals surface area contributed by atoms with E-state index in [9.17, 15) is 4.79 Å². The minimum Gasteiger partial charge on any atom is -0.335 e. The zero-order chi connectivity index (χ0) is 17.1. The van der Waals surface area contributed by atoms with Crippen LogP contribution >= 0.6 is 0 Å². The van der Waals surface area contributed by atoms with Crippen LogP contribution in [0, 0.1) is 5.92 Å². The zero-order valence-corrected chi connectivity index (χ0v) is 14.9. The van der Waals surface area contributed by atoms with Gasteiger partial charge >= 0.3 is 0 Å². The van der Waals surface area contributed by atoms with Gasteiger partial charge in [0.2, 0.25) is 0 Å². The maximum Gasteiger partial charge on any atom is 0.254 e. The molecule has 6 heteroatoms. The maximum absolute atomic E-state index is 13.3. The minimum absolute atomic E-state index is 0.160. The molecule has 0 saturated carbocycles. The first-order valence-corrected chi connectivity index (χ1v) is 9.46. The van der Waals surface area contributed by atoms with Gasteiger partial charge in [-0.2, -0.15) is 5.10 Å². The second kappa shape index (κ2) is 5.53. The molecule has 132 valence electrons. The predicted octanol–water partition coefficient (Wildman–Crippen LogP) is 2.22. The van der Waals surface area contributed by atoms with Crippen LogP contribution in [0.3, 0.4) is 0 Å². The molecule has 3 aliphatic heterocycles. The number of hydrogen-bond donors (Lipinski definition) is 1. The molecule has 5 heterocycles. The van der Waals surface area contributed by atoms with Crippen LogP contribution in [0.25, 0.3) is 11.0 Å². The van der Waals surface area contributed by atoms with E-state index in [1.165, 1.54) is 12.8 Å². The van der Waals surface area contributed by atoms with E-state index in [-0.39, 0.29) is 5.91 Å². The number of amides is 1. The number of rotatable bonds is 1. The molecule has 0 aliphatic carbocycles. The molecule has 2 aromatic heterocycles. The number of nitrogens with zero attached hydrogens (tertiary/aromatic N) is 4. The standard InChI is InChI=1S/C19H25N5O/c1-11-7-12-9-14(10-13(8-11)23(12)2)24-6-4-16-17-15(19(24)25)3-5-20-18(17)22-21-16/h3,5,11-14H,4,6-10H2,1-2H3,(H,20,21,22). The summed E-state index contributed by atoms with van der Waals surface area (Å²) < 4.78 is 0. The number of carbonyl (C=O) groups is 1. The number of H-pyrrole nitrogens is 1. The highest BCUT2D eigenvalue weighted by Gasteiger charge is 2.42. The molecule has 2 aromatic rings. The van der Waals surface area contributed by atoms with Crippen molar-refractivity contribution in [3.63, 3.8) is 0 Å². The molecule has 2 bridgehead atoms. The van der Waals surface area contributed by atoms with Crippen LogP contribution in [-0.2, 0) is 6.42 Å². The molecule has 6 nitrogen and oxygen atoms in total. The van der Waals surface area contributed by atoms with E-state index < -0.39 is 0 Å². The normalized spacial score (nSPS) is 32.9. The Bertz CT molecular complexity index is 814. The van der Waals surface area contributed by atoms with Crippen LogP contribution in [-0.4, -0.2) is 62.6 Å². The Kier molecular flexibility index (Phi) is 3.39. The van der Waals surface area contributed by atoms with Crippen molar-refractivity contribution in [3.8, 4) is 0 Å². The average Bonchev–Trinajstić information content (AvgIpc) is 2.93. The predicted molar refractivity (Wildman–Crippen MR) is 95.4 cm³/mol. The lowest BCUT2D eigenvalue weighted by molar-refractivity contribution is -0.00418. The highest BCUT2D eigenvalue weighted by Crippen LogP contribution is 2.38. The van der Waals surface area contributed by atoms with E-state index in [0.29, 0.717) is 18.1 Å². The highest BCUT2D eigenvalue weighted by atomic mass is 16.2. The minimum atomic E-state index is 0.160. The molecular weight excluding hydrogens is 314 g/mol. The highest BCUT2D eigenvalue weighted by molar-refractivity contribution is 6.07. The molecule has 5 rings (SSSR count). The third kappa shape index (κ3) is 2.30. The molecule has 2 unspecified atom stereocenters. The summed E-state index contributed by atoms with van der Waals surface area (Å²) in [6.07, 6.45) is 7.23. The number of fused-ring (bicyclic) bond motifs is 2. The fraction of sp³-hybridized carbons (Fsp3) is 0.632. The van der Waals surface area contributed by atoms with E-state index >= 15 is 0 Å². The Morgan fingerprint density at radius 3 is 2.68 bits per heavy atom. The number of piperidine rings is 2. The van der Waals surface area contributed by atoms with Crippen molar-refractivity contribution in [2.24, 2.45) is 5.92 Å². The summed E-state index contributed by atoms with van der Waals surface area (Å²) in [5.74, 6) is 0.963. The molecule has 2 atom stereocenters. The quantitative estimate of drug-likeness (QED) is 0.865. The van der Waals surface area contributed by atoms with Gasteiger partial charge < -0.3 is 9.80 Å². The van der Waals surface area contributed by atoms with E-state index in [0.717, 1.165) is 54.0 Å². The van der Waals surface area contributed by atoms with Gasteiger partial charge in [0, 0.05) is 37.3 Å². The lowest BCUT2D eigenvalue weighted by Gasteiger charge is -2.51. The van der Waals surface area contributed by atoms with Crippen molar-refractivity contribution >= 4 is 16.9 Å². The molecule has 0 spiro atoms. The second-order valence-electron chi connectivity index (χ2n) is 8.18. The first kappa shape index (κ1) is 15.3.